The molecular weight excluding hydrogens is 344 g/mol. The summed E-state index contributed by atoms with van der Waals surface area (Å²) in [6, 6.07) is 12.5. The molecule has 24 heavy (non-hydrogen) atoms. The molecule has 0 spiro atoms. The van der Waals surface area contributed by atoms with Crippen LogP contribution in [0.1, 0.15) is 5.56 Å². The lowest BCUT2D eigenvalue weighted by Gasteiger charge is -2.10. The third-order valence-corrected chi connectivity index (χ3v) is 5.21. The number of aromatic nitrogens is 1. The van der Waals surface area contributed by atoms with Crippen molar-refractivity contribution in [1.29, 1.82) is 0 Å². The Morgan fingerprint density at radius 3 is 2.71 bits per heavy atom. The summed E-state index contributed by atoms with van der Waals surface area (Å²) in [5, 5.41) is 15.5. The van der Waals surface area contributed by atoms with Crippen molar-refractivity contribution < 1.29 is 9.32 Å². The monoisotopic (exact) mass is 360 g/mol. The minimum absolute atomic E-state index is 0.0929. The number of hydrogen-bond donors (Lipinski definition) is 4. The van der Waals surface area contributed by atoms with E-state index in [1.807, 2.05) is 17.5 Å². The Balaban J connectivity index is 1.62. The molecule has 1 heterocycles. The van der Waals surface area contributed by atoms with Crippen LogP contribution in [0.25, 0.3) is 0 Å². The minimum Gasteiger partial charge on any atom is -0.505 e. The highest BCUT2D eigenvalue weighted by Crippen LogP contribution is 2.25. The predicted molar refractivity (Wildman–Crippen MR) is 98.4 cm³/mol. The lowest BCUT2D eigenvalue weighted by Crippen LogP contribution is -2.05. The normalized spacial score (nSPS) is 11.8. The Morgan fingerprint density at radius 2 is 2.00 bits per heavy atom. The van der Waals surface area contributed by atoms with Crippen LogP contribution in [0.5, 0.6) is 5.75 Å². The first-order chi connectivity index (χ1) is 11.6. The van der Waals surface area contributed by atoms with Crippen molar-refractivity contribution >= 4 is 38.8 Å². The SMILES string of the molecule is Nc1cccc(CNc2ccc(S(=O)Nc3nccs3)cc2)c1O. The number of phenols is 1. The van der Waals surface area contributed by atoms with Gasteiger partial charge >= 0.3 is 0 Å². The van der Waals surface area contributed by atoms with Crippen LogP contribution in [0.2, 0.25) is 0 Å². The summed E-state index contributed by atoms with van der Waals surface area (Å²) in [5.41, 5.74) is 7.60. The van der Waals surface area contributed by atoms with Crippen molar-refractivity contribution in [3.05, 3.63) is 59.6 Å². The second-order valence-electron chi connectivity index (χ2n) is 4.94. The fourth-order valence-corrected chi connectivity index (χ4v) is 3.56. The molecule has 1 aromatic heterocycles. The van der Waals surface area contributed by atoms with Gasteiger partial charge in [0.15, 0.2) is 16.1 Å². The summed E-state index contributed by atoms with van der Waals surface area (Å²) < 4.78 is 15.0. The van der Waals surface area contributed by atoms with E-state index in [-0.39, 0.29) is 5.75 Å². The summed E-state index contributed by atoms with van der Waals surface area (Å²) in [5.74, 6) is 0.0929. The Hall–Kier alpha value is -2.58. The van der Waals surface area contributed by atoms with Gasteiger partial charge in [-0.05, 0) is 30.3 Å². The Morgan fingerprint density at radius 1 is 1.21 bits per heavy atom. The van der Waals surface area contributed by atoms with E-state index < -0.39 is 11.0 Å². The van der Waals surface area contributed by atoms with Gasteiger partial charge in [0, 0.05) is 29.4 Å². The van der Waals surface area contributed by atoms with Crippen LogP contribution in [0.4, 0.5) is 16.5 Å². The summed E-state index contributed by atoms with van der Waals surface area (Å²) >= 11 is 1.40. The number of phenolic OH excluding ortho intramolecular Hbond substituents is 1. The molecule has 124 valence electrons. The van der Waals surface area contributed by atoms with Gasteiger partial charge in [0.2, 0.25) is 0 Å². The van der Waals surface area contributed by atoms with Crippen LogP contribution in [-0.4, -0.2) is 14.3 Å². The highest BCUT2D eigenvalue weighted by molar-refractivity contribution is 7.86. The Bertz CT molecular complexity index is 836. The number of nitrogens with one attached hydrogen (secondary N) is 2. The molecular formula is C16H16N4O2S2. The molecule has 0 saturated carbocycles. The van der Waals surface area contributed by atoms with Gasteiger partial charge in [-0.15, -0.1) is 11.3 Å². The number of thiazole rings is 1. The van der Waals surface area contributed by atoms with E-state index in [1.165, 1.54) is 11.3 Å². The third kappa shape index (κ3) is 3.84. The lowest BCUT2D eigenvalue weighted by molar-refractivity contribution is 0.472. The summed E-state index contributed by atoms with van der Waals surface area (Å²) in [6.45, 7) is 0.441. The van der Waals surface area contributed by atoms with Crippen molar-refractivity contribution in [2.75, 3.05) is 15.8 Å². The van der Waals surface area contributed by atoms with E-state index in [2.05, 4.69) is 15.0 Å². The van der Waals surface area contributed by atoms with E-state index in [0.717, 1.165) is 5.69 Å². The number of anilines is 3. The maximum absolute atomic E-state index is 12.2. The standard InChI is InChI=1S/C16H16N4O2S2/c17-14-3-1-2-11(15(14)21)10-19-12-4-6-13(7-5-12)24(22)20-16-18-8-9-23-16/h1-9,19,21H,10,17H2,(H,18,20). The van der Waals surface area contributed by atoms with Crippen LogP contribution in [0, 0.1) is 0 Å². The number of nitrogens with zero attached hydrogens (tertiary/aromatic N) is 1. The minimum atomic E-state index is -1.35. The number of nitrogens with two attached hydrogens (primary N) is 1. The number of aromatic hydroxyl groups is 1. The first-order valence-electron chi connectivity index (χ1n) is 7.11. The number of hydrogen-bond acceptors (Lipinski definition) is 6. The van der Waals surface area contributed by atoms with Crippen molar-refractivity contribution in [2.24, 2.45) is 0 Å². The van der Waals surface area contributed by atoms with Crippen molar-refractivity contribution in [3.8, 4) is 5.75 Å². The second kappa shape index (κ2) is 7.33. The molecule has 1 atom stereocenters. The van der Waals surface area contributed by atoms with Gasteiger partial charge in [-0.25, -0.2) is 9.19 Å². The van der Waals surface area contributed by atoms with E-state index in [4.69, 9.17) is 5.73 Å². The van der Waals surface area contributed by atoms with Gasteiger partial charge in [-0.1, -0.05) is 12.1 Å². The fraction of sp³-hybridized carbons (Fsp3) is 0.0625. The largest absolute Gasteiger partial charge is 0.505 e. The van der Waals surface area contributed by atoms with Gasteiger partial charge in [0.1, 0.15) is 5.75 Å². The summed E-state index contributed by atoms with van der Waals surface area (Å²) in [4.78, 5) is 4.70. The molecule has 0 aliphatic carbocycles. The zero-order valence-electron chi connectivity index (χ0n) is 12.6. The van der Waals surface area contributed by atoms with E-state index in [9.17, 15) is 9.32 Å². The quantitative estimate of drug-likeness (QED) is 0.400. The molecule has 0 amide bonds. The number of para-hydroxylation sites is 1. The molecule has 0 saturated heterocycles. The molecule has 2 aromatic carbocycles. The summed E-state index contributed by atoms with van der Waals surface area (Å²) in [7, 11) is -1.35. The van der Waals surface area contributed by atoms with Crippen molar-refractivity contribution in [1.82, 2.24) is 4.98 Å². The van der Waals surface area contributed by atoms with E-state index >= 15 is 0 Å². The maximum Gasteiger partial charge on any atom is 0.194 e. The first kappa shape index (κ1) is 16.3. The Kier molecular flexibility index (Phi) is 4.97. The molecule has 0 aliphatic heterocycles. The molecule has 3 aromatic rings. The average molecular weight is 360 g/mol. The first-order valence-corrected chi connectivity index (χ1v) is 9.14. The topological polar surface area (TPSA) is 100 Å². The zero-order valence-corrected chi connectivity index (χ0v) is 14.2. The van der Waals surface area contributed by atoms with Gasteiger partial charge in [-0.2, -0.15) is 0 Å². The third-order valence-electron chi connectivity index (χ3n) is 3.31. The average Bonchev–Trinajstić information content (AvgIpc) is 3.09. The van der Waals surface area contributed by atoms with Crippen LogP contribution in [-0.2, 0) is 17.5 Å². The molecule has 8 heteroatoms. The molecule has 0 radical (unpaired) electrons. The van der Waals surface area contributed by atoms with Crippen LogP contribution in [0.15, 0.2) is 58.9 Å². The number of rotatable bonds is 6. The molecule has 3 rings (SSSR count). The Labute approximate surface area is 146 Å². The van der Waals surface area contributed by atoms with Gasteiger partial charge in [0.25, 0.3) is 0 Å². The molecule has 6 nitrogen and oxygen atoms in total. The highest BCUT2D eigenvalue weighted by Gasteiger charge is 2.07. The van der Waals surface area contributed by atoms with Crippen LogP contribution in [0.3, 0.4) is 0 Å². The maximum atomic E-state index is 12.2. The second-order valence-corrected chi connectivity index (χ2v) is 7.05. The zero-order chi connectivity index (χ0) is 16.9. The van der Waals surface area contributed by atoms with Crippen LogP contribution >= 0.6 is 11.3 Å². The van der Waals surface area contributed by atoms with Crippen LogP contribution < -0.4 is 15.8 Å². The smallest absolute Gasteiger partial charge is 0.194 e. The molecule has 0 bridgehead atoms. The highest BCUT2D eigenvalue weighted by atomic mass is 32.2. The summed E-state index contributed by atoms with van der Waals surface area (Å²) in [6.07, 6.45) is 1.66. The molecule has 0 aliphatic rings. The van der Waals surface area contributed by atoms with Gasteiger partial charge in [0.05, 0.1) is 10.6 Å². The van der Waals surface area contributed by atoms with Crippen molar-refractivity contribution in [2.45, 2.75) is 11.4 Å². The lowest BCUT2D eigenvalue weighted by atomic mass is 10.1. The molecule has 0 fully saturated rings. The van der Waals surface area contributed by atoms with E-state index in [0.29, 0.717) is 27.8 Å². The predicted octanol–water partition coefficient (Wildman–Crippen LogP) is 3.18. The molecule has 1 unspecified atom stereocenters. The fourth-order valence-electron chi connectivity index (χ4n) is 2.06. The van der Waals surface area contributed by atoms with Gasteiger partial charge in [-0.3, -0.25) is 4.72 Å². The molecule has 5 N–H and O–H groups in total. The number of benzene rings is 2. The van der Waals surface area contributed by atoms with E-state index in [1.54, 1.807) is 36.5 Å². The number of nitrogen functional groups attached to an aromatic ring is 1. The van der Waals surface area contributed by atoms with Gasteiger partial charge < -0.3 is 16.2 Å². The van der Waals surface area contributed by atoms with Crippen molar-refractivity contribution in [3.63, 3.8) is 0 Å².